The van der Waals surface area contributed by atoms with Gasteiger partial charge in [-0.05, 0) is 18.6 Å². The summed E-state index contributed by atoms with van der Waals surface area (Å²) < 4.78 is 24.9. The monoisotopic (exact) mass is 304 g/mol. The molecule has 2 N–H and O–H groups in total. The second-order valence-corrected chi connectivity index (χ2v) is 5.74. The van der Waals surface area contributed by atoms with Crippen molar-refractivity contribution in [3.05, 3.63) is 23.5 Å². The lowest BCUT2D eigenvalue weighted by molar-refractivity contribution is 0.0686. The highest BCUT2D eigenvalue weighted by Gasteiger charge is 2.33. The number of fused-ring (bicyclic) bond motifs is 4. The minimum absolute atomic E-state index is 0.146. The average molecular weight is 304 g/mol. The van der Waals surface area contributed by atoms with Crippen LogP contribution < -0.4 is 15.4 Å². The predicted molar refractivity (Wildman–Crippen MR) is 79.5 cm³/mol. The van der Waals surface area contributed by atoms with Crippen LogP contribution in [0.2, 0.25) is 0 Å². The number of nitrogens with two attached hydrogens (primary N) is 1. The Morgan fingerprint density at radius 2 is 2.23 bits per heavy atom. The molecule has 2 aromatic rings. The van der Waals surface area contributed by atoms with E-state index in [4.69, 9.17) is 20.2 Å². The van der Waals surface area contributed by atoms with E-state index in [-0.39, 0.29) is 17.9 Å². The Morgan fingerprint density at radius 1 is 1.36 bits per heavy atom. The normalized spacial score (nSPS) is 22.0. The molecule has 0 saturated carbocycles. The maximum atomic E-state index is 13.8. The van der Waals surface area contributed by atoms with E-state index in [0.29, 0.717) is 48.1 Å². The summed E-state index contributed by atoms with van der Waals surface area (Å²) in [5.41, 5.74) is 7.71. The van der Waals surface area contributed by atoms with Gasteiger partial charge in [-0.3, -0.25) is 0 Å². The van der Waals surface area contributed by atoms with Crippen LogP contribution in [-0.2, 0) is 4.74 Å². The molecule has 1 aromatic heterocycles. The van der Waals surface area contributed by atoms with Gasteiger partial charge in [-0.15, -0.1) is 0 Å². The van der Waals surface area contributed by atoms with E-state index in [1.54, 1.807) is 0 Å². The Morgan fingerprint density at radius 3 is 3.05 bits per heavy atom. The summed E-state index contributed by atoms with van der Waals surface area (Å²) in [6.07, 6.45) is 0. The number of rotatable bonds is 1. The molecule has 0 radical (unpaired) electrons. The molecule has 0 bridgehead atoms. The molecule has 2 aliphatic heterocycles. The number of hydrogen-bond acceptors (Lipinski definition) is 6. The van der Waals surface area contributed by atoms with Gasteiger partial charge in [-0.25, -0.2) is 14.4 Å². The topological polar surface area (TPSA) is 73.5 Å². The summed E-state index contributed by atoms with van der Waals surface area (Å²) in [5, 5.41) is 0. The van der Waals surface area contributed by atoms with Gasteiger partial charge in [0.05, 0.1) is 30.3 Å². The van der Waals surface area contributed by atoms with Gasteiger partial charge in [0.25, 0.3) is 5.88 Å². The van der Waals surface area contributed by atoms with Crippen LogP contribution in [0, 0.1) is 5.82 Å². The van der Waals surface area contributed by atoms with Crippen molar-refractivity contribution in [2.24, 2.45) is 5.73 Å². The smallest absolute Gasteiger partial charge is 0.258 e. The van der Waals surface area contributed by atoms with Gasteiger partial charge in [0, 0.05) is 18.7 Å². The van der Waals surface area contributed by atoms with Crippen molar-refractivity contribution in [2.45, 2.75) is 19.0 Å². The fourth-order valence-corrected chi connectivity index (χ4v) is 3.00. The Kier molecular flexibility index (Phi) is 3.12. The number of morpholine rings is 1. The number of anilines is 1. The third-order valence-electron chi connectivity index (χ3n) is 4.12. The number of hydrogen-bond donors (Lipinski definition) is 1. The van der Waals surface area contributed by atoms with Crippen LogP contribution in [-0.4, -0.2) is 42.4 Å². The van der Waals surface area contributed by atoms with E-state index in [1.807, 2.05) is 6.92 Å². The Bertz CT molecular complexity index is 737. The van der Waals surface area contributed by atoms with Gasteiger partial charge in [0.15, 0.2) is 5.82 Å². The summed E-state index contributed by atoms with van der Waals surface area (Å²) in [5.74, 6) is 0.779. The van der Waals surface area contributed by atoms with E-state index in [9.17, 15) is 4.39 Å². The van der Waals surface area contributed by atoms with Gasteiger partial charge in [-0.1, -0.05) is 0 Å². The van der Waals surface area contributed by atoms with E-state index < -0.39 is 0 Å². The first-order valence-electron chi connectivity index (χ1n) is 7.37. The summed E-state index contributed by atoms with van der Waals surface area (Å²) in [7, 11) is 0. The second-order valence-electron chi connectivity index (χ2n) is 5.74. The lowest BCUT2D eigenvalue weighted by Crippen LogP contribution is -2.51. The molecule has 7 heteroatoms. The van der Waals surface area contributed by atoms with E-state index >= 15 is 0 Å². The van der Waals surface area contributed by atoms with Crippen LogP contribution in [0.15, 0.2) is 12.1 Å². The SMILES string of the molecule is C[C@@H](N)c1cc(F)cc2nc3c(nc12)N1CCOCC1CO3. The zero-order valence-electron chi connectivity index (χ0n) is 12.3. The quantitative estimate of drug-likeness (QED) is 0.858. The molecule has 22 heavy (non-hydrogen) atoms. The van der Waals surface area contributed by atoms with Crippen LogP contribution in [0.25, 0.3) is 11.0 Å². The Hall–Kier alpha value is -1.99. The first kappa shape index (κ1) is 13.7. The van der Waals surface area contributed by atoms with Crippen molar-refractivity contribution >= 4 is 16.9 Å². The standard InChI is InChI=1S/C15H17FN4O2/c1-8(17)11-4-9(16)5-12-13(11)19-14-15(18-12)22-7-10-6-21-3-2-20(10)14/h4-5,8,10H,2-3,6-7,17H2,1H3/t8-,10?/m1/s1. The van der Waals surface area contributed by atoms with Gasteiger partial charge >= 0.3 is 0 Å². The molecule has 0 spiro atoms. The summed E-state index contributed by atoms with van der Waals surface area (Å²) in [6.45, 7) is 4.32. The molecular weight excluding hydrogens is 287 g/mol. The highest BCUT2D eigenvalue weighted by molar-refractivity contribution is 5.82. The lowest BCUT2D eigenvalue weighted by atomic mass is 10.1. The zero-order chi connectivity index (χ0) is 15.3. The molecule has 0 amide bonds. The molecule has 0 aliphatic carbocycles. The fourth-order valence-electron chi connectivity index (χ4n) is 3.00. The first-order valence-corrected chi connectivity index (χ1v) is 7.37. The van der Waals surface area contributed by atoms with Gasteiger partial charge in [-0.2, -0.15) is 0 Å². The lowest BCUT2D eigenvalue weighted by Gasteiger charge is -2.39. The zero-order valence-corrected chi connectivity index (χ0v) is 12.3. The maximum absolute atomic E-state index is 13.8. The van der Waals surface area contributed by atoms with Crippen molar-refractivity contribution in [2.75, 3.05) is 31.3 Å². The van der Waals surface area contributed by atoms with E-state index in [0.717, 1.165) is 6.54 Å². The van der Waals surface area contributed by atoms with Crippen molar-refractivity contribution in [1.29, 1.82) is 0 Å². The molecule has 1 aromatic carbocycles. The highest BCUT2D eigenvalue weighted by atomic mass is 19.1. The van der Waals surface area contributed by atoms with Crippen LogP contribution in [0.5, 0.6) is 5.88 Å². The largest absolute Gasteiger partial charge is 0.473 e. The first-order chi connectivity index (χ1) is 10.6. The second kappa shape index (κ2) is 5.03. The van der Waals surface area contributed by atoms with Gasteiger partial charge < -0.3 is 20.1 Å². The summed E-state index contributed by atoms with van der Waals surface area (Å²) in [6, 6.07) is 2.61. The molecule has 1 fully saturated rings. The highest BCUT2D eigenvalue weighted by Crippen LogP contribution is 2.35. The molecule has 1 saturated heterocycles. The third kappa shape index (κ3) is 2.08. The number of ether oxygens (including phenoxy) is 2. The van der Waals surface area contributed by atoms with Crippen molar-refractivity contribution in [3.8, 4) is 5.88 Å². The molecule has 4 rings (SSSR count). The average Bonchev–Trinajstić information content (AvgIpc) is 2.52. The minimum atomic E-state index is -0.367. The van der Waals surface area contributed by atoms with Gasteiger partial charge in [0.1, 0.15) is 12.4 Å². The van der Waals surface area contributed by atoms with Crippen molar-refractivity contribution < 1.29 is 13.9 Å². The van der Waals surface area contributed by atoms with Crippen molar-refractivity contribution in [1.82, 2.24) is 9.97 Å². The van der Waals surface area contributed by atoms with Crippen LogP contribution in [0.3, 0.4) is 0 Å². The van der Waals surface area contributed by atoms with Crippen molar-refractivity contribution in [3.63, 3.8) is 0 Å². The van der Waals surface area contributed by atoms with Crippen LogP contribution >= 0.6 is 0 Å². The number of nitrogens with zero attached hydrogens (tertiary/aromatic N) is 3. The number of halogens is 1. The predicted octanol–water partition coefficient (Wildman–Crippen LogP) is 1.39. The molecule has 6 nitrogen and oxygen atoms in total. The molecular formula is C15H17FN4O2. The Labute approximate surface area is 127 Å². The molecule has 3 heterocycles. The molecule has 2 aliphatic rings. The molecule has 2 atom stereocenters. The molecule has 1 unspecified atom stereocenters. The third-order valence-corrected chi connectivity index (χ3v) is 4.12. The number of aromatic nitrogens is 2. The summed E-state index contributed by atoms with van der Waals surface area (Å²) >= 11 is 0. The maximum Gasteiger partial charge on any atom is 0.258 e. The van der Waals surface area contributed by atoms with E-state index in [2.05, 4.69) is 9.88 Å². The molecule has 116 valence electrons. The van der Waals surface area contributed by atoms with Gasteiger partial charge in [0.2, 0.25) is 0 Å². The van der Waals surface area contributed by atoms with Crippen LogP contribution in [0.4, 0.5) is 10.2 Å². The Balaban J connectivity index is 1.92. The fraction of sp³-hybridized carbons (Fsp3) is 0.467. The number of benzene rings is 1. The van der Waals surface area contributed by atoms with Crippen LogP contribution in [0.1, 0.15) is 18.5 Å². The minimum Gasteiger partial charge on any atom is -0.473 e. The summed E-state index contributed by atoms with van der Waals surface area (Å²) in [4.78, 5) is 11.3. The van der Waals surface area contributed by atoms with E-state index in [1.165, 1.54) is 12.1 Å².